The van der Waals surface area contributed by atoms with Gasteiger partial charge in [-0.25, -0.2) is 12.8 Å². The van der Waals surface area contributed by atoms with Gasteiger partial charge in [-0.1, -0.05) is 6.92 Å². The lowest BCUT2D eigenvalue weighted by Gasteiger charge is -2.29. The molecule has 1 N–H and O–H groups in total. The van der Waals surface area contributed by atoms with Crippen LogP contribution in [0, 0.1) is 5.82 Å². The Kier molecular flexibility index (Phi) is 5.97. The smallest absolute Gasteiger partial charge is 0.154 e. The molecule has 0 spiro atoms. The van der Waals surface area contributed by atoms with Crippen LogP contribution in [-0.4, -0.2) is 55.3 Å². The lowest BCUT2D eigenvalue weighted by Crippen LogP contribution is -2.31. The first kappa shape index (κ1) is 22.9. The Hall–Kier alpha value is -3.26. The molecule has 6 nitrogen and oxygen atoms in total. The summed E-state index contributed by atoms with van der Waals surface area (Å²) in [5.74, 6) is -0.851. The normalized spacial score (nSPS) is 20.1. The van der Waals surface area contributed by atoms with E-state index < -0.39 is 15.9 Å². The molecule has 4 rings (SSSR count). The Morgan fingerprint density at radius 2 is 1.88 bits per heavy atom. The van der Waals surface area contributed by atoms with Gasteiger partial charge in [0.1, 0.15) is 23.9 Å². The van der Waals surface area contributed by atoms with Gasteiger partial charge in [-0.15, -0.1) is 0 Å². The van der Waals surface area contributed by atoms with E-state index in [4.69, 9.17) is 4.99 Å². The summed E-state index contributed by atoms with van der Waals surface area (Å²) in [6.45, 7) is 3.47. The van der Waals surface area contributed by atoms with Gasteiger partial charge in [0.2, 0.25) is 0 Å². The number of carbonyl (C=O) groups excluding carboxylic acids is 1. The van der Waals surface area contributed by atoms with Crippen molar-refractivity contribution in [2.45, 2.75) is 31.7 Å². The van der Waals surface area contributed by atoms with Crippen LogP contribution in [0.1, 0.15) is 36.1 Å². The van der Waals surface area contributed by atoms with Crippen LogP contribution in [0.5, 0.6) is 5.75 Å². The zero-order chi connectivity index (χ0) is 23.9. The summed E-state index contributed by atoms with van der Waals surface area (Å²) in [6, 6.07) is 8.36. The molecule has 0 radical (unpaired) electrons. The Morgan fingerprint density at radius 1 is 1.18 bits per heavy atom. The second kappa shape index (κ2) is 8.59. The van der Waals surface area contributed by atoms with Crippen molar-refractivity contribution in [2.24, 2.45) is 4.99 Å². The van der Waals surface area contributed by atoms with E-state index in [-0.39, 0.29) is 29.1 Å². The molecule has 172 valence electrons. The Balaban J connectivity index is 1.99. The molecular weight excluding hydrogens is 443 g/mol. The first-order valence-corrected chi connectivity index (χ1v) is 12.5. The molecule has 2 aromatic rings. The van der Waals surface area contributed by atoms with E-state index in [9.17, 15) is 22.7 Å². The van der Waals surface area contributed by atoms with Gasteiger partial charge in [0, 0.05) is 41.3 Å². The van der Waals surface area contributed by atoms with Gasteiger partial charge in [0.25, 0.3) is 0 Å². The molecule has 0 amide bonds. The molecule has 2 aliphatic heterocycles. The average molecular weight is 469 g/mol. The number of likely N-dealkylation sites (N-methyl/N-ethyl adjacent to an activating group) is 1. The summed E-state index contributed by atoms with van der Waals surface area (Å²) >= 11 is 0. The van der Waals surface area contributed by atoms with Gasteiger partial charge in [-0.2, -0.15) is 0 Å². The van der Waals surface area contributed by atoms with Gasteiger partial charge in [0.05, 0.1) is 17.5 Å². The fourth-order valence-electron chi connectivity index (χ4n) is 4.16. The molecule has 8 heteroatoms. The van der Waals surface area contributed by atoms with Crippen LogP contribution in [0.2, 0.25) is 0 Å². The van der Waals surface area contributed by atoms with E-state index in [0.29, 0.717) is 28.0 Å². The quantitative estimate of drug-likeness (QED) is 0.679. The molecule has 33 heavy (non-hydrogen) atoms. The van der Waals surface area contributed by atoms with Crippen molar-refractivity contribution in [3.63, 3.8) is 0 Å². The monoisotopic (exact) mass is 468 g/mol. The number of phenolic OH excluding ortho intramolecular Hbond substituents is 1. The predicted molar refractivity (Wildman–Crippen MR) is 126 cm³/mol. The van der Waals surface area contributed by atoms with Crippen molar-refractivity contribution in [1.82, 2.24) is 4.90 Å². The number of halogens is 1. The number of aliphatic imine (C=N–C) groups is 1. The number of phenols is 1. The third-order valence-electron chi connectivity index (χ3n) is 6.07. The molecule has 2 aromatic carbocycles. The van der Waals surface area contributed by atoms with Crippen LogP contribution in [0.4, 0.5) is 4.39 Å². The van der Waals surface area contributed by atoms with E-state index in [1.54, 1.807) is 37.1 Å². The summed E-state index contributed by atoms with van der Waals surface area (Å²) in [5, 5.41) is 10.7. The number of benzene rings is 2. The molecule has 0 saturated carbocycles. The standard InChI is InChI=1S/C25H25FN2O4S/c1-4-33(31,32)14-17-9-21-22(11-24(17)30)25(16-5-7-18(26)8-6-16)27-15(2)20-10-19(13-29)28(3)12-23(20)21/h5-13,15,19,30H,4,14H2,1-3H3/t15-,19?/m0/s1. The van der Waals surface area contributed by atoms with Crippen LogP contribution in [0.15, 0.2) is 59.2 Å². The highest BCUT2D eigenvalue weighted by atomic mass is 32.2. The Labute approximate surface area is 192 Å². The third kappa shape index (κ3) is 4.35. The van der Waals surface area contributed by atoms with Crippen LogP contribution in [0.25, 0.3) is 5.57 Å². The van der Waals surface area contributed by atoms with Crippen molar-refractivity contribution in [1.29, 1.82) is 0 Å². The second-order valence-corrected chi connectivity index (χ2v) is 10.7. The van der Waals surface area contributed by atoms with Crippen molar-refractivity contribution in [3.8, 4) is 5.75 Å². The highest BCUT2D eigenvalue weighted by Crippen LogP contribution is 2.40. The summed E-state index contributed by atoms with van der Waals surface area (Å²) < 4.78 is 38.2. The van der Waals surface area contributed by atoms with Crippen molar-refractivity contribution >= 4 is 27.4 Å². The molecule has 2 aliphatic rings. The van der Waals surface area contributed by atoms with Crippen LogP contribution < -0.4 is 0 Å². The Bertz CT molecular complexity index is 1310. The molecule has 2 atom stereocenters. The molecule has 0 fully saturated rings. The minimum Gasteiger partial charge on any atom is -0.508 e. The lowest BCUT2D eigenvalue weighted by atomic mass is 9.86. The van der Waals surface area contributed by atoms with Crippen molar-refractivity contribution in [2.75, 3.05) is 12.8 Å². The number of aromatic hydroxyl groups is 1. The van der Waals surface area contributed by atoms with Crippen LogP contribution >= 0.6 is 0 Å². The zero-order valence-corrected chi connectivity index (χ0v) is 19.4. The maximum atomic E-state index is 13.6. The first-order chi connectivity index (χ1) is 15.6. The number of fused-ring (bicyclic) bond motifs is 3. The van der Waals surface area contributed by atoms with E-state index in [1.807, 2.05) is 19.2 Å². The number of aldehydes is 1. The minimum absolute atomic E-state index is 0.0412. The first-order valence-electron chi connectivity index (χ1n) is 10.7. The SMILES string of the molecule is CCS(=O)(=O)Cc1cc2c(cc1O)C(c1ccc(F)cc1)=N[C@@H](C)C1=CC(C=O)N(C)C=C12. The summed E-state index contributed by atoms with van der Waals surface area (Å²) in [7, 11) is -1.60. The minimum atomic E-state index is -3.39. The van der Waals surface area contributed by atoms with Crippen molar-refractivity contribution < 1.29 is 22.7 Å². The topological polar surface area (TPSA) is 87.0 Å². The van der Waals surface area contributed by atoms with Crippen LogP contribution in [-0.2, 0) is 20.4 Å². The van der Waals surface area contributed by atoms with Gasteiger partial charge >= 0.3 is 0 Å². The third-order valence-corrected chi connectivity index (χ3v) is 7.70. The zero-order valence-electron chi connectivity index (χ0n) is 18.6. The average Bonchev–Trinajstić information content (AvgIpc) is 2.89. The predicted octanol–water partition coefficient (Wildman–Crippen LogP) is 3.49. The largest absolute Gasteiger partial charge is 0.508 e. The second-order valence-electron chi connectivity index (χ2n) is 8.32. The maximum Gasteiger partial charge on any atom is 0.154 e. The van der Waals surface area contributed by atoms with Gasteiger partial charge in [-0.05, 0) is 60.5 Å². The fourth-order valence-corrected chi connectivity index (χ4v) is 5.07. The number of carbonyl (C=O) groups is 1. The number of rotatable bonds is 5. The van der Waals surface area contributed by atoms with E-state index in [0.717, 1.165) is 17.4 Å². The summed E-state index contributed by atoms with van der Waals surface area (Å²) in [6.07, 6.45) is 4.55. The highest BCUT2D eigenvalue weighted by molar-refractivity contribution is 7.90. The fraction of sp³-hybridized carbons (Fsp3) is 0.280. The highest BCUT2D eigenvalue weighted by Gasteiger charge is 2.31. The molecular formula is C25H25FN2O4S. The van der Waals surface area contributed by atoms with Crippen LogP contribution in [0.3, 0.4) is 0 Å². The molecule has 0 aliphatic carbocycles. The maximum absolute atomic E-state index is 13.6. The number of hydrogen-bond acceptors (Lipinski definition) is 6. The molecule has 0 saturated heterocycles. The summed E-state index contributed by atoms with van der Waals surface area (Å²) in [5.41, 5.74) is 4.45. The van der Waals surface area contributed by atoms with E-state index in [2.05, 4.69) is 0 Å². The number of hydrogen-bond donors (Lipinski definition) is 1. The number of nitrogens with zero attached hydrogens (tertiary/aromatic N) is 2. The van der Waals surface area contributed by atoms with Gasteiger partial charge < -0.3 is 14.8 Å². The van der Waals surface area contributed by atoms with Crippen molar-refractivity contribution in [3.05, 3.63) is 82.3 Å². The summed E-state index contributed by atoms with van der Waals surface area (Å²) in [4.78, 5) is 18.3. The Morgan fingerprint density at radius 3 is 2.52 bits per heavy atom. The van der Waals surface area contributed by atoms with Gasteiger partial charge in [-0.3, -0.25) is 4.99 Å². The molecule has 0 bridgehead atoms. The molecule has 1 unspecified atom stereocenters. The molecule has 2 heterocycles. The number of sulfone groups is 1. The molecule has 0 aromatic heterocycles. The lowest BCUT2D eigenvalue weighted by molar-refractivity contribution is -0.110. The van der Waals surface area contributed by atoms with E-state index >= 15 is 0 Å². The van der Waals surface area contributed by atoms with E-state index in [1.165, 1.54) is 18.2 Å². The van der Waals surface area contributed by atoms with Gasteiger partial charge in [0.15, 0.2) is 9.84 Å².